The summed E-state index contributed by atoms with van der Waals surface area (Å²) in [5.41, 5.74) is 2.45. The first kappa shape index (κ1) is 81.4. The zero-order valence-electron chi connectivity index (χ0n) is 59.5. The van der Waals surface area contributed by atoms with Gasteiger partial charge in [-0.15, -0.1) is 0 Å². The third kappa shape index (κ3) is 23.3. The van der Waals surface area contributed by atoms with Gasteiger partial charge in [0.1, 0.15) is 80.1 Å². The number of methoxy groups -OCH3 is 8. The summed E-state index contributed by atoms with van der Waals surface area (Å²) in [6, 6.07) is 14.2. The van der Waals surface area contributed by atoms with Gasteiger partial charge >= 0.3 is 17.1 Å². The monoisotopic (exact) mass is 1490 g/mol. The minimum Gasteiger partial charge on any atom is -0.491 e. The number of fused-ring (bicyclic) bond motifs is 20. The van der Waals surface area contributed by atoms with Crippen molar-refractivity contribution in [1.29, 1.82) is 0 Å². The second kappa shape index (κ2) is 45.8. The van der Waals surface area contributed by atoms with E-state index in [0.29, 0.717) is 164 Å². The molecule has 0 N–H and O–H groups in total. The number of ether oxygens (including phenoxy) is 24. The summed E-state index contributed by atoms with van der Waals surface area (Å²) in [7, 11) is 12.8. The molecule has 5 heterocycles. The van der Waals surface area contributed by atoms with Crippen LogP contribution in [0.5, 0.6) is 40.2 Å². The van der Waals surface area contributed by atoms with Crippen molar-refractivity contribution in [1.82, 2.24) is 39.9 Å². The summed E-state index contributed by atoms with van der Waals surface area (Å²) in [6.07, 6.45) is 0. The molecule has 567 valence electrons. The molecule has 3 aromatic heterocycles. The summed E-state index contributed by atoms with van der Waals surface area (Å²) in [5.74, 6) is 2.63. The molecule has 33 heteroatoms. The average molecular weight is 1490 g/mol. The smallest absolute Gasteiger partial charge is 0.491 e. The number of hydrogen-bond donors (Lipinski definition) is 0. The van der Waals surface area contributed by atoms with Gasteiger partial charge in [0, 0.05) is 101 Å². The molecule has 0 amide bonds. The summed E-state index contributed by atoms with van der Waals surface area (Å²) in [6.45, 7) is 6.29. The maximum Gasteiger partial charge on any atom is 2.00 e. The van der Waals surface area contributed by atoms with Crippen molar-refractivity contribution in [3.8, 4) is 85.8 Å². The Balaban J connectivity index is 0.0000134. The third-order valence-electron chi connectivity index (χ3n) is 15.0. The van der Waals surface area contributed by atoms with E-state index in [1.807, 2.05) is 12.1 Å². The summed E-state index contributed by atoms with van der Waals surface area (Å²) in [4.78, 5) is 43.1. The van der Waals surface area contributed by atoms with Gasteiger partial charge in [0.25, 0.3) is 0 Å². The second-order valence-corrected chi connectivity index (χ2v) is 21.9. The Morgan fingerprint density at radius 2 is 0.476 bits per heavy atom. The van der Waals surface area contributed by atoms with Crippen molar-refractivity contribution >= 4 is 44.1 Å². The van der Waals surface area contributed by atoms with Gasteiger partial charge in [-0.25, -0.2) is 9.97 Å². The molecule has 103 heavy (non-hydrogen) atoms. The van der Waals surface area contributed by atoms with Crippen molar-refractivity contribution in [2.24, 2.45) is 0 Å². The average Bonchev–Trinajstić information content (AvgIpc) is 1.58. The summed E-state index contributed by atoms with van der Waals surface area (Å²) in [5, 5.41) is 1.62. The number of nitrogens with zero attached hydrogens (tertiary/aromatic N) is 8. The van der Waals surface area contributed by atoms with Gasteiger partial charge in [0.05, 0.1) is 191 Å². The second-order valence-electron chi connectivity index (χ2n) is 21.9. The maximum atomic E-state index is 6.68. The SMILES string of the molecule is COCCOCCOc1ccc(OCCOCCOC)c2c1-c1nc-2nc2[n-]c(nc3nc(nc4[n-]c(n1)c1c(OCCOCCOC)ccc(COCOCCOC)c41)-c1c(OCOCCOC)ccc(OCOCCOC)c1-3)c1c(OCCOCCOC)ccc(OCCOCCOC)c21.[Cu+2]. The van der Waals surface area contributed by atoms with Gasteiger partial charge in [0.2, 0.25) is 0 Å². The molecule has 0 unspecified atom stereocenters. The fraction of sp³-hybridized carbons (Fsp3) is 0.543. The van der Waals surface area contributed by atoms with Crippen LogP contribution in [0, 0.1) is 0 Å². The van der Waals surface area contributed by atoms with Gasteiger partial charge in [-0.1, -0.05) is 6.07 Å². The van der Waals surface area contributed by atoms with Crippen LogP contribution in [0.4, 0.5) is 0 Å². The van der Waals surface area contributed by atoms with Crippen LogP contribution in [0.25, 0.3) is 89.7 Å². The zero-order valence-corrected chi connectivity index (χ0v) is 60.5. The largest absolute Gasteiger partial charge is 2.00 e. The molecule has 1 radical (unpaired) electrons. The predicted molar refractivity (Wildman–Crippen MR) is 369 cm³/mol. The number of hydrogen-bond acceptors (Lipinski definition) is 30. The Bertz CT molecular complexity index is 3610. The Hall–Kier alpha value is -7.32. The van der Waals surface area contributed by atoms with Gasteiger partial charge in [-0.05, 0) is 48.0 Å². The van der Waals surface area contributed by atoms with E-state index in [2.05, 4.69) is 0 Å². The van der Waals surface area contributed by atoms with Gasteiger partial charge in [0.15, 0.2) is 13.6 Å². The van der Waals surface area contributed by atoms with E-state index in [-0.39, 0.29) is 187 Å². The molecular weight excluding hydrogens is 1400 g/mol. The first-order valence-electron chi connectivity index (χ1n) is 33.3. The van der Waals surface area contributed by atoms with Crippen molar-refractivity contribution in [3.63, 3.8) is 0 Å². The van der Waals surface area contributed by atoms with Crippen LogP contribution in [-0.4, -0.2) is 279 Å². The molecule has 9 rings (SSSR count). The Morgan fingerprint density at radius 1 is 0.233 bits per heavy atom. The maximum absolute atomic E-state index is 6.68. The van der Waals surface area contributed by atoms with Crippen LogP contribution in [0.1, 0.15) is 5.56 Å². The van der Waals surface area contributed by atoms with Crippen molar-refractivity contribution in [2.45, 2.75) is 6.61 Å². The molecule has 0 aliphatic carbocycles. The number of rotatable bonds is 54. The van der Waals surface area contributed by atoms with Crippen molar-refractivity contribution in [3.05, 3.63) is 54.1 Å². The van der Waals surface area contributed by atoms with Crippen LogP contribution < -0.4 is 43.1 Å². The van der Waals surface area contributed by atoms with Crippen LogP contribution in [0.15, 0.2) is 48.5 Å². The molecule has 0 fully saturated rings. The molecule has 2 aliphatic heterocycles. The first-order chi connectivity index (χ1) is 50.4. The topological polar surface area (TPSA) is 327 Å². The quantitative estimate of drug-likeness (QED) is 0.0224. The Morgan fingerprint density at radius 3 is 0.796 bits per heavy atom. The van der Waals surface area contributed by atoms with E-state index in [1.54, 1.807) is 93.3 Å². The van der Waals surface area contributed by atoms with Crippen LogP contribution in [-0.2, 0) is 104 Å². The molecular formula is C70H92CuN8O24. The van der Waals surface area contributed by atoms with E-state index >= 15 is 0 Å². The minimum atomic E-state index is -0.209. The Labute approximate surface area is 607 Å². The molecule has 0 saturated carbocycles. The summed E-state index contributed by atoms with van der Waals surface area (Å²) >= 11 is 0. The number of benzene rings is 4. The van der Waals surface area contributed by atoms with E-state index in [4.69, 9.17) is 154 Å². The van der Waals surface area contributed by atoms with Gasteiger partial charge in [-0.2, -0.15) is 0 Å². The molecule has 0 saturated heterocycles. The van der Waals surface area contributed by atoms with Gasteiger partial charge in [-0.3, -0.25) is 0 Å². The third-order valence-corrected chi connectivity index (χ3v) is 15.0. The summed E-state index contributed by atoms with van der Waals surface area (Å²) < 4.78 is 142. The fourth-order valence-corrected chi connectivity index (χ4v) is 10.3. The number of aromatic nitrogens is 8. The molecule has 2 aliphatic rings. The van der Waals surface area contributed by atoms with E-state index in [9.17, 15) is 0 Å². The molecule has 4 aromatic carbocycles. The van der Waals surface area contributed by atoms with Crippen molar-refractivity contribution < 1.29 is 131 Å². The van der Waals surface area contributed by atoms with E-state index < -0.39 is 0 Å². The van der Waals surface area contributed by atoms with E-state index in [1.165, 1.54) is 0 Å². The van der Waals surface area contributed by atoms with Crippen LogP contribution in [0.2, 0.25) is 0 Å². The molecule has 0 atom stereocenters. The standard InChI is InChI=1S/C70H92N8O24.Cu/c1-79-17-25-87-33-38-96-48-10-9-47(43-95-44-92-30-22-84-6)55-56(48)64-71-63(55)72-69-61-53(101-45-93-31-23-85-7)15-16-54(102-46-94-32-24-86-8)62(61)70(78-69)77-68-60-52(100-42-37-91-29-21-83-5)14-13-51(99-41-36-90-28-20-82-4)59(60)67(76-68)75-66-58-50(98-40-35-89-27-19-81-3)12-11-49(57(58)65(73-64)74-66)97-39-34-88-26-18-80-2;/h9-16H,17-46H2,1-8H3;/q-2;+2. The van der Waals surface area contributed by atoms with Crippen LogP contribution in [0.3, 0.4) is 0 Å². The minimum absolute atomic E-state index is 0. The normalized spacial score (nSPS) is 11.7. The van der Waals surface area contributed by atoms with Gasteiger partial charge < -0.3 is 144 Å². The Kier molecular flexibility index (Phi) is 36.2. The molecule has 8 bridgehead atoms. The van der Waals surface area contributed by atoms with Crippen molar-refractivity contribution in [2.75, 3.05) is 249 Å². The molecule has 0 spiro atoms. The zero-order chi connectivity index (χ0) is 71.4. The predicted octanol–water partition coefficient (Wildman–Crippen LogP) is 6.47. The first-order valence-corrected chi connectivity index (χ1v) is 33.3. The fourth-order valence-electron chi connectivity index (χ4n) is 10.3. The molecule has 32 nitrogen and oxygen atoms in total. The van der Waals surface area contributed by atoms with E-state index in [0.717, 1.165) is 0 Å². The van der Waals surface area contributed by atoms with Crippen LogP contribution >= 0.6 is 0 Å². The molecule has 7 aromatic rings.